The zero-order chi connectivity index (χ0) is 19.6. The third kappa shape index (κ3) is 3.66. The normalized spacial score (nSPS) is 14.3. The summed E-state index contributed by atoms with van der Waals surface area (Å²) in [6, 6.07) is 1.82. The highest BCUT2D eigenvalue weighted by Crippen LogP contribution is 2.31. The smallest absolute Gasteiger partial charge is 0.409 e. The van der Waals surface area contributed by atoms with Gasteiger partial charge in [0.05, 0.1) is 17.2 Å². The average Bonchev–Trinajstić information content (AvgIpc) is 2.99. The Bertz CT molecular complexity index is 858. The fourth-order valence-corrected chi connectivity index (χ4v) is 3.07. The highest BCUT2D eigenvalue weighted by Gasteiger charge is 2.32. The van der Waals surface area contributed by atoms with Crippen molar-refractivity contribution in [1.29, 1.82) is 0 Å². The van der Waals surface area contributed by atoms with Gasteiger partial charge in [-0.1, -0.05) is 0 Å². The van der Waals surface area contributed by atoms with Crippen molar-refractivity contribution in [1.82, 2.24) is 24.6 Å². The van der Waals surface area contributed by atoms with Gasteiger partial charge in [0.2, 0.25) is 11.6 Å². The van der Waals surface area contributed by atoms with Gasteiger partial charge in [-0.15, -0.1) is 0 Å². The molecule has 0 aliphatic carbocycles. The monoisotopic (exact) mass is 375 g/mol. The van der Waals surface area contributed by atoms with Crippen molar-refractivity contribution in [2.75, 3.05) is 37.7 Å². The van der Waals surface area contributed by atoms with E-state index in [9.17, 15) is 14.9 Å². The molecule has 3 heterocycles. The maximum absolute atomic E-state index is 11.8. The summed E-state index contributed by atoms with van der Waals surface area (Å²) in [5.74, 6) is 0.351. The van der Waals surface area contributed by atoms with E-state index in [1.54, 1.807) is 16.7 Å². The van der Waals surface area contributed by atoms with Gasteiger partial charge >= 0.3 is 11.8 Å². The van der Waals surface area contributed by atoms with Gasteiger partial charge in [0.15, 0.2) is 0 Å². The van der Waals surface area contributed by atoms with E-state index in [2.05, 4.69) is 15.1 Å². The summed E-state index contributed by atoms with van der Waals surface area (Å²) in [5.41, 5.74) is 1.28. The number of carbonyl (C=O) groups is 1. The van der Waals surface area contributed by atoms with Crippen LogP contribution in [0.15, 0.2) is 12.4 Å². The molecular formula is C16H21N7O4. The minimum atomic E-state index is -0.487. The number of ether oxygens (including phenoxy) is 1. The van der Waals surface area contributed by atoms with Crippen LogP contribution in [0.4, 0.5) is 16.3 Å². The Kier molecular flexibility index (Phi) is 5.19. The van der Waals surface area contributed by atoms with Crippen LogP contribution in [0.5, 0.6) is 0 Å². The SMILES string of the molecule is CCOC(=O)N1CCN(c2ncnc(-n3nc(C)cc3C)c2[N+](=O)[O-])CC1. The molecular weight excluding hydrogens is 354 g/mol. The highest BCUT2D eigenvalue weighted by molar-refractivity contribution is 5.69. The van der Waals surface area contributed by atoms with Crippen LogP contribution in [0.2, 0.25) is 0 Å². The van der Waals surface area contributed by atoms with Gasteiger partial charge in [-0.25, -0.2) is 19.4 Å². The first-order chi connectivity index (χ1) is 12.9. The minimum Gasteiger partial charge on any atom is -0.450 e. The summed E-state index contributed by atoms with van der Waals surface area (Å²) in [5, 5.41) is 16.1. The van der Waals surface area contributed by atoms with Gasteiger partial charge in [-0.3, -0.25) is 10.1 Å². The second-order valence-corrected chi connectivity index (χ2v) is 6.14. The Hall–Kier alpha value is -3.24. The Morgan fingerprint density at radius 1 is 1.22 bits per heavy atom. The van der Waals surface area contributed by atoms with Gasteiger partial charge in [0.25, 0.3) is 0 Å². The maximum Gasteiger partial charge on any atom is 0.409 e. The molecule has 0 N–H and O–H groups in total. The van der Waals surface area contributed by atoms with Crippen molar-refractivity contribution in [2.45, 2.75) is 20.8 Å². The Balaban J connectivity index is 1.91. The standard InChI is InChI=1S/C16H21N7O4/c1-4-27-16(24)21-7-5-20(6-8-21)14-13(23(25)26)15(18-10-17-14)22-12(3)9-11(2)19-22/h9-10H,4-8H2,1-3H3. The van der Waals surface area contributed by atoms with E-state index in [0.29, 0.717) is 32.8 Å². The van der Waals surface area contributed by atoms with Crippen molar-refractivity contribution in [3.8, 4) is 5.82 Å². The maximum atomic E-state index is 11.8. The number of anilines is 1. The van der Waals surface area contributed by atoms with Gasteiger partial charge in [0, 0.05) is 31.9 Å². The van der Waals surface area contributed by atoms with Crippen LogP contribution in [-0.4, -0.2) is 68.5 Å². The highest BCUT2D eigenvalue weighted by atomic mass is 16.6. The molecule has 1 amide bonds. The number of hydrogen-bond acceptors (Lipinski definition) is 8. The lowest BCUT2D eigenvalue weighted by molar-refractivity contribution is -0.384. The fraction of sp³-hybridized carbons (Fsp3) is 0.500. The summed E-state index contributed by atoms with van der Waals surface area (Å²) < 4.78 is 6.45. The van der Waals surface area contributed by atoms with Crippen molar-refractivity contribution in [3.63, 3.8) is 0 Å². The molecule has 3 rings (SSSR count). The molecule has 1 saturated heterocycles. The Morgan fingerprint density at radius 2 is 1.89 bits per heavy atom. The molecule has 1 aliphatic rings. The van der Waals surface area contributed by atoms with E-state index in [-0.39, 0.29) is 23.4 Å². The number of carbonyl (C=O) groups excluding carboxylic acids is 1. The first kappa shape index (κ1) is 18.5. The minimum absolute atomic E-state index is 0.128. The zero-order valence-electron chi connectivity index (χ0n) is 15.5. The summed E-state index contributed by atoms with van der Waals surface area (Å²) in [7, 11) is 0. The predicted molar refractivity (Wildman–Crippen MR) is 96.1 cm³/mol. The largest absolute Gasteiger partial charge is 0.450 e. The van der Waals surface area contributed by atoms with Crippen LogP contribution in [0.25, 0.3) is 5.82 Å². The van der Waals surface area contributed by atoms with Crippen molar-refractivity contribution < 1.29 is 14.5 Å². The summed E-state index contributed by atoms with van der Waals surface area (Å²) >= 11 is 0. The molecule has 0 aromatic carbocycles. The first-order valence-corrected chi connectivity index (χ1v) is 8.62. The lowest BCUT2D eigenvalue weighted by Gasteiger charge is -2.34. The van der Waals surface area contributed by atoms with Crippen LogP contribution >= 0.6 is 0 Å². The molecule has 27 heavy (non-hydrogen) atoms. The van der Waals surface area contributed by atoms with E-state index in [1.165, 1.54) is 11.0 Å². The van der Waals surface area contributed by atoms with E-state index < -0.39 is 4.92 Å². The van der Waals surface area contributed by atoms with Gasteiger partial charge in [0.1, 0.15) is 6.33 Å². The molecule has 0 bridgehead atoms. The third-order valence-electron chi connectivity index (χ3n) is 4.28. The van der Waals surface area contributed by atoms with Crippen molar-refractivity contribution >= 4 is 17.6 Å². The van der Waals surface area contributed by atoms with Crippen LogP contribution < -0.4 is 4.90 Å². The molecule has 144 valence electrons. The molecule has 11 heteroatoms. The van der Waals surface area contributed by atoms with Gasteiger partial charge in [-0.05, 0) is 26.8 Å². The summed E-state index contributed by atoms with van der Waals surface area (Å²) in [6.45, 7) is 7.29. The summed E-state index contributed by atoms with van der Waals surface area (Å²) in [4.78, 5) is 34.8. The molecule has 0 spiro atoms. The number of aromatic nitrogens is 4. The lowest BCUT2D eigenvalue weighted by Crippen LogP contribution is -2.49. The fourth-order valence-electron chi connectivity index (χ4n) is 3.07. The van der Waals surface area contributed by atoms with E-state index in [0.717, 1.165) is 11.4 Å². The van der Waals surface area contributed by atoms with Crippen LogP contribution in [0, 0.1) is 24.0 Å². The summed E-state index contributed by atoms with van der Waals surface area (Å²) in [6.07, 6.45) is 0.920. The van der Waals surface area contributed by atoms with E-state index in [1.807, 2.05) is 19.9 Å². The van der Waals surface area contributed by atoms with E-state index in [4.69, 9.17) is 4.74 Å². The lowest BCUT2D eigenvalue weighted by atomic mass is 10.3. The quantitative estimate of drug-likeness (QED) is 0.582. The van der Waals surface area contributed by atoms with Crippen molar-refractivity contribution in [3.05, 3.63) is 33.9 Å². The molecule has 2 aromatic heterocycles. The van der Waals surface area contributed by atoms with Gasteiger partial charge < -0.3 is 14.5 Å². The zero-order valence-corrected chi connectivity index (χ0v) is 15.5. The second-order valence-electron chi connectivity index (χ2n) is 6.14. The van der Waals surface area contributed by atoms with Crippen LogP contribution in [0.3, 0.4) is 0 Å². The number of amides is 1. The molecule has 1 aliphatic heterocycles. The van der Waals surface area contributed by atoms with Crippen molar-refractivity contribution in [2.24, 2.45) is 0 Å². The number of aryl methyl sites for hydroxylation is 2. The second kappa shape index (κ2) is 7.56. The Labute approximate surface area is 155 Å². The molecule has 0 unspecified atom stereocenters. The average molecular weight is 375 g/mol. The third-order valence-corrected chi connectivity index (χ3v) is 4.28. The number of nitrogens with zero attached hydrogens (tertiary/aromatic N) is 7. The Morgan fingerprint density at radius 3 is 2.44 bits per heavy atom. The van der Waals surface area contributed by atoms with Gasteiger partial charge in [-0.2, -0.15) is 5.10 Å². The molecule has 0 radical (unpaired) electrons. The van der Waals surface area contributed by atoms with Crippen LogP contribution in [0.1, 0.15) is 18.3 Å². The van der Waals surface area contributed by atoms with Crippen LogP contribution in [-0.2, 0) is 4.74 Å². The molecule has 0 atom stereocenters. The number of piperazine rings is 1. The van der Waals surface area contributed by atoms with E-state index >= 15 is 0 Å². The number of rotatable bonds is 4. The molecule has 11 nitrogen and oxygen atoms in total. The molecule has 1 fully saturated rings. The molecule has 2 aromatic rings. The number of nitro groups is 1. The topological polar surface area (TPSA) is 120 Å². The first-order valence-electron chi connectivity index (χ1n) is 8.62. The number of hydrogen-bond donors (Lipinski definition) is 0. The molecule has 0 saturated carbocycles. The predicted octanol–water partition coefficient (Wildman–Crippen LogP) is 1.47.